The molecule has 4 nitrogen and oxygen atoms in total. The second kappa shape index (κ2) is 9.22. The SMILES string of the molecule is CN(C)C(c1ccc(Br)cc1)c1ccc(C(=O)NCCc2ccccc2)n1C. The van der Waals surface area contributed by atoms with E-state index in [1.165, 1.54) is 11.1 Å². The Hall–Kier alpha value is -2.37. The van der Waals surface area contributed by atoms with Crippen LogP contribution in [-0.4, -0.2) is 36.0 Å². The number of hydrogen-bond donors (Lipinski definition) is 1. The van der Waals surface area contributed by atoms with Crippen LogP contribution in [0.4, 0.5) is 0 Å². The Balaban J connectivity index is 1.74. The maximum absolute atomic E-state index is 12.7. The van der Waals surface area contributed by atoms with Crippen LogP contribution in [0.25, 0.3) is 0 Å². The minimum absolute atomic E-state index is 0.0435. The van der Waals surface area contributed by atoms with Crippen molar-refractivity contribution in [3.8, 4) is 0 Å². The Morgan fingerprint density at radius 2 is 1.71 bits per heavy atom. The summed E-state index contributed by atoms with van der Waals surface area (Å²) in [5.41, 5.74) is 4.16. The van der Waals surface area contributed by atoms with E-state index in [9.17, 15) is 4.79 Å². The molecule has 1 amide bonds. The van der Waals surface area contributed by atoms with Crippen LogP contribution < -0.4 is 5.32 Å². The Morgan fingerprint density at radius 3 is 2.36 bits per heavy atom. The lowest BCUT2D eigenvalue weighted by atomic mass is 10.0. The van der Waals surface area contributed by atoms with Crippen LogP contribution in [0, 0.1) is 0 Å². The monoisotopic (exact) mass is 439 g/mol. The van der Waals surface area contributed by atoms with Crippen molar-refractivity contribution in [3.05, 3.63) is 93.7 Å². The zero-order valence-corrected chi connectivity index (χ0v) is 18.1. The first-order valence-corrected chi connectivity index (χ1v) is 10.2. The van der Waals surface area contributed by atoms with Gasteiger partial charge in [0.1, 0.15) is 5.69 Å². The fourth-order valence-corrected chi connectivity index (χ4v) is 3.73. The van der Waals surface area contributed by atoms with Gasteiger partial charge in [-0.25, -0.2) is 0 Å². The smallest absolute Gasteiger partial charge is 0.267 e. The van der Waals surface area contributed by atoms with Crippen molar-refractivity contribution in [2.24, 2.45) is 7.05 Å². The molecule has 3 rings (SSSR count). The third-order valence-electron chi connectivity index (χ3n) is 4.92. The lowest BCUT2D eigenvalue weighted by molar-refractivity contribution is 0.0945. The van der Waals surface area contributed by atoms with Crippen LogP contribution in [0.1, 0.15) is 33.4 Å². The predicted octanol–water partition coefficient (Wildman–Crippen LogP) is 4.41. The molecular weight excluding hydrogens is 414 g/mol. The highest BCUT2D eigenvalue weighted by atomic mass is 79.9. The average Bonchev–Trinajstić information content (AvgIpc) is 3.05. The molecule has 0 saturated carbocycles. The Labute approximate surface area is 175 Å². The Kier molecular flexibility index (Phi) is 6.70. The van der Waals surface area contributed by atoms with Gasteiger partial charge in [0.05, 0.1) is 6.04 Å². The second-order valence-corrected chi connectivity index (χ2v) is 8.03. The first kappa shape index (κ1) is 20.4. The van der Waals surface area contributed by atoms with E-state index in [0.717, 1.165) is 16.6 Å². The minimum atomic E-state index is -0.0435. The molecule has 1 N–H and O–H groups in total. The van der Waals surface area contributed by atoms with Gasteiger partial charge >= 0.3 is 0 Å². The third-order valence-corrected chi connectivity index (χ3v) is 5.45. The van der Waals surface area contributed by atoms with Crippen molar-refractivity contribution in [1.29, 1.82) is 0 Å². The number of aromatic nitrogens is 1. The number of halogens is 1. The molecule has 5 heteroatoms. The first-order valence-electron chi connectivity index (χ1n) is 9.37. The summed E-state index contributed by atoms with van der Waals surface area (Å²) in [7, 11) is 6.06. The molecule has 0 spiro atoms. The van der Waals surface area contributed by atoms with Gasteiger partial charge in [0.2, 0.25) is 0 Å². The fraction of sp³-hybridized carbons (Fsp3) is 0.261. The summed E-state index contributed by atoms with van der Waals surface area (Å²) in [6.07, 6.45) is 0.822. The Morgan fingerprint density at radius 1 is 1.04 bits per heavy atom. The molecule has 0 aliphatic heterocycles. The molecule has 3 aromatic rings. The molecule has 0 bridgehead atoms. The number of amides is 1. The van der Waals surface area contributed by atoms with Gasteiger partial charge in [0.25, 0.3) is 5.91 Å². The van der Waals surface area contributed by atoms with Crippen molar-refractivity contribution < 1.29 is 4.79 Å². The maximum atomic E-state index is 12.7. The third kappa shape index (κ3) is 4.72. The number of carbonyl (C=O) groups excluding carboxylic acids is 1. The van der Waals surface area contributed by atoms with Gasteiger partial charge in [0.15, 0.2) is 0 Å². The zero-order valence-electron chi connectivity index (χ0n) is 16.5. The van der Waals surface area contributed by atoms with E-state index in [4.69, 9.17) is 0 Å². The highest BCUT2D eigenvalue weighted by Gasteiger charge is 2.22. The van der Waals surface area contributed by atoms with Gasteiger partial charge in [-0.3, -0.25) is 9.69 Å². The van der Waals surface area contributed by atoms with Crippen LogP contribution >= 0.6 is 15.9 Å². The van der Waals surface area contributed by atoms with Gasteiger partial charge in [-0.2, -0.15) is 0 Å². The average molecular weight is 440 g/mol. The molecule has 146 valence electrons. The summed E-state index contributed by atoms with van der Waals surface area (Å²) in [5, 5.41) is 3.04. The van der Waals surface area contributed by atoms with Gasteiger partial charge in [-0.05, 0) is 55.9 Å². The molecular formula is C23H26BrN3O. The summed E-state index contributed by atoms with van der Waals surface area (Å²) in [6.45, 7) is 0.618. The number of rotatable bonds is 7. The van der Waals surface area contributed by atoms with Gasteiger partial charge in [-0.1, -0.05) is 58.4 Å². The zero-order chi connectivity index (χ0) is 20.1. The molecule has 0 radical (unpaired) electrons. The van der Waals surface area contributed by atoms with Crippen molar-refractivity contribution in [2.45, 2.75) is 12.5 Å². The minimum Gasteiger partial charge on any atom is -0.350 e. The number of benzene rings is 2. The summed E-state index contributed by atoms with van der Waals surface area (Å²) in [5.74, 6) is -0.0435. The highest BCUT2D eigenvalue weighted by molar-refractivity contribution is 9.10. The molecule has 0 aliphatic carbocycles. The number of carbonyl (C=O) groups is 1. The molecule has 0 aliphatic rings. The largest absolute Gasteiger partial charge is 0.350 e. The number of nitrogens with one attached hydrogen (secondary N) is 1. The Bertz CT molecular complexity index is 917. The molecule has 1 unspecified atom stereocenters. The van der Waals surface area contributed by atoms with Crippen LogP contribution in [0.5, 0.6) is 0 Å². The number of nitrogens with zero attached hydrogens (tertiary/aromatic N) is 2. The van der Waals surface area contributed by atoms with E-state index >= 15 is 0 Å². The lowest BCUT2D eigenvalue weighted by Crippen LogP contribution is -2.29. The molecule has 28 heavy (non-hydrogen) atoms. The van der Waals surface area contributed by atoms with Crippen LogP contribution in [0.2, 0.25) is 0 Å². The van der Waals surface area contributed by atoms with E-state index in [1.54, 1.807) is 0 Å². The van der Waals surface area contributed by atoms with Crippen molar-refractivity contribution in [1.82, 2.24) is 14.8 Å². The molecule has 1 atom stereocenters. The van der Waals surface area contributed by atoms with E-state index in [-0.39, 0.29) is 11.9 Å². The molecule has 1 heterocycles. The van der Waals surface area contributed by atoms with Crippen LogP contribution in [0.15, 0.2) is 71.2 Å². The topological polar surface area (TPSA) is 37.3 Å². The fourth-order valence-electron chi connectivity index (χ4n) is 3.46. The normalized spacial score (nSPS) is 12.2. The van der Waals surface area contributed by atoms with Gasteiger partial charge < -0.3 is 9.88 Å². The van der Waals surface area contributed by atoms with Crippen LogP contribution in [0.3, 0.4) is 0 Å². The quantitative estimate of drug-likeness (QED) is 0.591. The molecule has 2 aromatic carbocycles. The van der Waals surface area contributed by atoms with Crippen molar-refractivity contribution >= 4 is 21.8 Å². The van der Waals surface area contributed by atoms with Gasteiger partial charge in [-0.15, -0.1) is 0 Å². The van der Waals surface area contributed by atoms with Crippen molar-refractivity contribution in [2.75, 3.05) is 20.6 Å². The van der Waals surface area contributed by atoms with Gasteiger partial charge in [0, 0.05) is 23.8 Å². The molecule has 0 fully saturated rings. The highest BCUT2D eigenvalue weighted by Crippen LogP contribution is 2.28. The summed E-state index contributed by atoms with van der Waals surface area (Å²) in [4.78, 5) is 14.9. The lowest BCUT2D eigenvalue weighted by Gasteiger charge is -2.26. The summed E-state index contributed by atoms with van der Waals surface area (Å²) < 4.78 is 3.05. The summed E-state index contributed by atoms with van der Waals surface area (Å²) >= 11 is 3.49. The second-order valence-electron chi connectivity index (χ2n) is 7.11. The molecule has 1 aromatic heterocycles. The maximum Gasteiger partial charge on any atom is 0.267 e. The van der Waals surface area contributed by atoms with Crippen molar-refractivity contribution in [3.63, 3.8) is 0 Å². The predicted molar refractivity (Wildman–Crippen MR) is 118 cm³/mol. The molecule has 0 saturated heterocycles. The first-order chi connectivity index (χ1) is 13.5. The van der Waals surface area contributed by atoms with E-state index in [0.29, 0.717) is 12.2 Å². The standard InChI is InChI=1S/C23H26BrN3O/c1-26(2)22(18-9-11-19(24)12-10-18)20-13-14-21(27(20)3)23(28)25-16-15-17-7-5-4-6-8-17/h4-14,22H,15-16H2,1-3H3,(H,25,28). The number of hydrogen-bond acceptors (Lipinski definition) is 2. The van der Waals surface area contributed by atoms with E-state index in [2.05, 4.69) is 64.5 Å². The van der Waals surface area contributed by atoms with E-state index < -0.39 is 0 Å². The van der Waals surface area contributed by atoms with E-state index in [1.807, 2.05) is 54.1 Å². The van der Waals surface area contributed by atoms with Crippen LogP contribution in [-0.2, 0) is 13.5 Å². The summed E-state index contributed by atoms with van der Waals surface area (Å²) in [6, 6.07) is 22.5.